The largest absolute Gasteiger partial charge is 0.463 e. The van der Waals surface area contributed by atoms with Gasteiger partial charge in [0.1, 0.15) is 0 Å². The van der Waals surface area contributed by atoms with Gasteiger partial charge in [-0.25, -0.2) is 4.79 Å². The molecule has 0 fully saturated rings. The number of halogens is 2. The number of carbonyl (C=O) groups excluding carboxylic acids is 1. The molecule has 0 aromatic heterocycles. The van der Waals surface area contributed by atoms with E-state index in [0.29, 0.717) is 16.7 Å². The Kier molecular flexibility index (Phi) is 7.72. The van der Waals surface area contributed by atoms with Crippen LogP contribution in [0.3, 0.4) is 0 Å². The minimum absolute atomic E-state index is 0.341. The summed E-state index contributed by atoms with van der Waals surface area (Å²) in [5, 5.41) is 1.27. The number of rotatable bonds is 7. The molecule has 0 bridgehead atoms. The van der Waals surface area contributed by atoms with Crippen LogP contribution in [0.5, 0.6) is 0 Å². The van der Waals surface area contributed by atoms with E-state index in [-0.39, 0.29) is 5.97 Å². The van der Waals surface area contributed by atoms with Gasteiger partial charge in [0.2, 0.25) is 0 Å². The van der Waals surface area contributed by atoms with Crippen LogP contribution in [-0.2, 0) is 16.0 Å². The lowest BCUT2D eigenvalue weighted by Crippen LogP contribution is -1.99. The summed E-state index contributed by atoms with van der Waals surface area (Å²) in [6.45, 7) is 4.31. The molecule has 0 unspecified atom stereocenters. The van der Waals surface area contributed by atoms with Crippen molar-refractivity contribution in [3.05, 3.63) is 116 Å². The van der Waals surface area contributed by atoms with Gasteiger partial charge in [-0.15, -0.1) is 0 Å². The van der Waals surface area contributed by atoms with Crippen LogP contribution >= 0.6 is 23.2 Å². The first-order valence-corrected chi connectivity index (χ1v) is 12.2. The zero-order valence-corrected chi connectivity index (χ0v) is 20.8. The molecule has 4 heteroatoms. The quantitative estimate of drug-likeness (QED) is 0.189. The van der Waals surface area contributed by atoms with Gasteiger partial charge in [-0.2, -0.15) is 0 Å². The third-order valence-electron chi connectivity index (χ3n) is 5.90. The van der Waals surface area contributed by atoms with Crippen LogP contribution in [0.1, 0.15) is 48.1 Å². The monoisotopic (exact) mass is 488 g/mol. The van der Waals surface area contributed by atoms with E-state index in [1.54, 1.807) is 19.1 Å². The molecule has 0 aliphatic heterocycles. The summed E-state index contributed by atoms with van der Waals surface area (Å²) in [7, 11) is 0. The van der Waals surface area contributed by atoms with E-state index < -0.39 is 0 Å². The lowest BCUT2D eigenvalue weighted by molar-refractivity contribution is -0.137. The Morgan fingerprint density at radius 2 is 1.76 bits per heavy atom. The number of allylic oxidation sites excluding steroid dienone is 3. The molecule has 0 spiro atoms. The highest BCUT2D eigenvalue weighted by Crippen LogP contribution is 2.42. The van der Waals surface area contributed by atoms with Crippen molar-refractivity contribution in [2.24, 2.45) is 0 Å². The molecular formula is C30H26Cl2O2. The number of benzene rings is 3. The molecule has 4 rings (SSSR count). The standard InChI is InChI=1S/C30H26Cl2O2/c1-3-26(27-15-14-25(31)19-28(27)32)30(24-17-22-7-5-6-8-23(22)18-24)21-12-9-20(10-13-21)11-16-29(33)34-4-2/h5-17,19H,3-4,18H2,1-2H3/b16-11+,30-26+. The van der Waals surface area contributed by atoms with Gasteiger partial charge in [0, 0.05) is 16.1 Å². The van der Waals surface area contributed by atoms with Crippen molar-refractivity contribution in [1.82, 2.24) is 0 Å². The van der Waals surface area contributed by atoms with E-state index >= 15 is 0 Å². The van der Waals surface area contributed by atoms with E-state index in [2.05, 4.69) is 49.4 Å². The van der Waals surface area contributed by atoms with E-state index in [1.165, 1.54) is 33.9 Å². The predicted molar refractivity (Wildman–Crippen MR) is 144 cm³/mol. The van der Waals surface area contributed by atoms with E-state index in [9.17, 15) is 4.79 Å². The Bertz CT molecular complexity index is 1300. The smallest absolute Gasteiger partial charge is 0.330 e. The van der Waals surface area contributed by atoms with Crippen molar-refractivity contribution in [2.45, 2.75) is 26.7 Å². The minimum Gasteiger partial charge on any atom is -0.463 e. The minimum atomic E-state index is -0.341. The second-order valence-electron chi connectivity index (χ2n) is 8.08. The van der Waals surface area contributed by atoms with Gasteiger partial charge in [0.15, 0.2) is 0 Å². The molecule has 34 heavy (non-hydrogen) atoms. The maximum Gasteiger partial charge on any atom is 0.330 e. The number of carbonyl (C=O) groups is 1. The number of ether oxygens (including phenoxy) is 1. The average Bonchev–Trinajstić information content (AvgIpc) is 3.26. The summed E-state index contributed by atoms with van der Waals surface area (Å²) in [5.74, 6) is -0.341. The molecule has 0 saturated heterocycles. The Balaban J connectivity index is 1.81. The Morgan fingerprint density at radius 1 is 1.00 bits per heavy atom. The summed E-state index contributed by atoms with van der Waals surface area (Å²) in [6, 6.07) is 22.4. The Morgan fingerprint density at radius 3 is 2.44 bits per heavy atom. The van der Waals surface area contributed by atoms with Gasteiger partial charge in [0.05, 0.1) is 6.61 Å². The molecule has 0 amide bonds. The van der Waals surface area contributed by atoms with E-state index in [1.807, 2.05) is 24.3 Å². The van der Waals surface area contributed by atoms with Crippen LogP contribution in [-0.4, -0.2) is 12.6 Å². The number of hydrogen-bond acceptors (Lipinski definition) is 2. The molecule has 0 saturated carbocycles. The van der Waals surface area contributed by atoms with Crippen molar-refractivity contribution < 1.29 is 9.53 Å². The third kappa shape index (κ3) is 5.35. The maximum absolute atomic E-state index is 11.7. The van der Waals surface area contributed by atoms with Gasteiger partial charge in [-0.05, 0) is 82.5 Å². The maximum atomic E-state index is 11.7. The third-order valence-corrected chi connectivity index (χ3v) is 6.44. The summed E-state index contributed by atoms with van der Waals surface area (Å²) < 4.78 is 4.98. The van der Waals surface area contributed by atoms with Gasteiger partial charge >= 0.3 is 5.97 Å². The van der Waals surface area contributed by atoms with Crippen LogP contribution < -0.4 is 0 Å². The normalized spacial score (nSPS) is 13.5. The SMILES string of the molecule is CCOC(=O)/C=C/c1ccc(/C(C2=Cc3ccccc3C2)=C(/CC)c2ccc(Cl)cc2Cl)cc1. The zero-order chi connectivity index (χ0) is 24.1. The highest BCUT2D eigenvalue weighted by atomic mass is 35.5. The molecule has 0 atom stereocenters. The molecule has 2 nitrogen and oxygen atoms in total. The number of esters is 1. The molecule has 0 radical (unpaired) electrons. The van der Waals surface area contributed by atoms with Crippen molar-refractivity contribution in [2.75, 3.05) is 6.61 Å². The summed E-state index contributed by atoms with van der Waals surface area (Å²) in [5.41, 5.74) is 9.23. The molecule has 0 N–H and O–H groups in total. The topological polar surface area (TPSA) is 26.3 Å². The van der Waals surface area contributed by atoms with Crippen LogP contribution in [0, 0.1) is 0 Å². The number of fused-ring (bicyclic) bond motifs is 1. The zero-order valence-electron chi connectivity index (χ0n) is 19.3. The summed E-state index contributed by atoms with van der Waals surface area (Å²) >= 11 is 12.8. The highest BCUT2D eigenvalue weighted by Gasteiger charge is 2.21. The molecule has 3 aromatic rings. The van der Waals surface area contributed by atoms with Crippen molar-refractivity contribution in [3.63, 3.8) is 0 Å². The summed E-state index contributed by atoms with van der Waals surface area (Å²) in [4.78, 5) is 11.7. The average molecular weight is 489 g/mol. The van der Waals surface area contributed by atoms with Gasteiger partial charge < -0.3 is 4.74 Å². The van der Waals surface area contributed by atoms with E-state index in [4.69, 9.17) is 27.9 Å². The molecule has 1 aliphatic carbocycles. The molecular weight excluding hydrogens is 463 g/mol. The van der Waals surface area contributed by atoms with Gasteiger partial charge in [-0.1, -0.05) is 90.8 Å². The van der Waals surface area contributed by atoms with Gasteiger partial charge in [0.25, 0.3) is 0 Å². The second-order valence-corrected chi connectivity index (χ2v) is 8.93. The van der Waals surface area contributed by atoms with Crippen LogP contribution in [0.4, 0.5) is 0 Å². The van der Waals surface area contributed by atoms with Crippen molar-refractivity contribution in [1.29, 1.82) is 0 Å². The highest BCUT2D eigenvalue weighted by molar-refractivity contribution is 6.36. The second kappa shape index (κ2) is 10.9. The summed E-state index contributed by atoms with van der Waals surface area (Å²) in [6.07, 6.45) is 7.18. The van der Waals surface area contributed by atoms with E-state index in [0.717, 1.165) is 29.5 Å². The first kappa shape index (κ1) is 24.1. The van der Waals surface area contributed by atoms with Crippen molar-refractivity contribution >= 4 is 52.5 Å². The fraction of sp³-hybridized carbons (Fsp3) is 0.167. The van der Waals surface area contributed by atoms with Crippen LogP contribution in [0.2, 0.25) is 10.0 Å². The lowest BCUT2D eigenvalue weighted by atomic mass is 9.87. The van der Waals surface area contributed by atoms with Gasteiger partial charge in [-0.3, -0.25) is 0 Å². The Labute approximate surface area is 211 Å². The van der Waals surface area contributed by atoms with Crippen LogP contribution in [0.25, 0.3) is 23.3 Å². The first-order chi connectivity index (χ1) is 16.5. The lowest BCUT2D eigenvalue weighted by Gasteiger charge is -2.18. The molecule has 1 aliphatic rings. The predicted octanol–water partition coefficient (Wildman–Crippen LogP) is 8.53. The fourth-order valence-electron chi connectivity index (χ4n) is 4.35. The molecule has 0 heterocycles. The first-order valence-electron chi connectivity index (χ1n) is 11.4. The molecule has 172 valence electrons. The van der Waals surface area contributed by atoms with Crippen molar-refractivity contribution in [3.8, 4) is 0 Å². The number of hydrogen-bond donors (Lipinski definition) is 0. The van der Waals surface area contributed by atoms with Crippen LogP contribution in [0.15, 0.2) is 78.4 Å². The Hall–Kier alpha value is -3.07. The molecule has 3 aromatic carbocycles. The fourth-order valence-corrected chi connectivity index (χ4v) is 4.87.